The zero-order valence-corrected chi connectivity index (χ0v) is 15.4. The van der Waals surface area contributed by atoms with E-state index >= 15 is 0 Å². The van der Waals surface area contributed by atoms with Crippen molar-refractivity contribution in [3.05, 3.63) is 54.1 Å². The molecular formula is C21H23N3O3. The summed E-state index contributed by atoms with van der Waals surface area (Å²) in [5.74, 6) is 0.583. The maximum Gasteiger partial charge on any atom is 0.298 e. The van der Waals surface area contributed by atoms with Crippen LogP contribution in [0.3, 0.4) is 0 Å². The first kappa shape index (κ1) is 17.4. The molecule has 1 amide bonds. The van der Waals surface area contributed by atoms with Crippen molar-refractivity contribution in [3.8, 4) is 5.75 Å². The number of fused-ring (bicyclic) bond motifs is 1. The number of benzene rings is 2. The average molecular weight is 365 g/mol. The van der Waals surface area contributed by atoms with Crippen LogP contribution in [0.1, 0.15) is 18.4 Å². The van der Waals surface area contributed by atoms with Crippen LogP contribution < -0.4 is 15.0 Å². The van der Waals surface area contributed by atoms with Crippen LogP contribution in [0.15, 0.2) is 52.9 Å². The molecule has 1 N–H and O–H groups in total. The van der Waals surface area contributed by atoms with E-state index in [2.05, 4.69) is 15.2 Å². The minimum atomic E-state index is -0.124. The molecule has 6 heteroatoms. The minimum Gasteiger partial charge on any atom is -0.484 e. The van der Waals surface area contributed by atoms with Gasteiger partial charge in [-0.1, -0.05) is 24.3 Å². The highest BCUT2D eigenvalue weighted by Crippen LogP contribution is 2.27. The van der Waals surface area contributed by atoms with Gasteiger partial charge in [0.05, 0.1) is 6.04 Å². The molecular weight excluding hydrogens is 342 g/mol. The number of anilines is 1. The summed E-state index contributed by atoms with van der Waals surface area (Å²) in [5, 5.41) is 2.97. The Labute approximate surface area is 158 Å². The number of nitrogens with zero attached hydrogens (tertiary/aromatic N) is 2. The molecule has 3 aromatic rings. The molecule has 6 nitrogen and oxygen atoms in total. The highest BCUT2D eigenvalue weighted by Gasteiger charge is 2.28. The molecule has 1 saturated heterocycles. The molecule has 1 aliphatic heterocycles. The van der Waals surface area contributed by atoms with Crippen LogP contribution in [0.2, 0.25) is 0 Å². The third kappa shape index (κ3) is 4.05. The summed E-state index contributed by atoms with van der Waals surface area (Å²) in [6.07, 6.45) is 2.05. The molecule has 140 valence electrons. The fourth-order valence-electron chi connectivity index (χ4n) is 3.42. The number of aromatic nitrogens is 1. The minimum absolute atomic E-state index is 0.0130. The number of carbonyl (C=O) groups is 1. The standard InChI is InChI=1S/C21H23N3O3/c1-15-6-4-8-17(12-15)26-14-20(25)22-13-16-7-5-11-24(16)21-23-18-9-2-3-10-19(18)27-21/h2-4,6,8-10,12,16H,5,7,11,13-14H2,1H3,(H,22,25). The fraction of sp³-hybridized carbons (Fsp3) is 0.333. The van der Waals surface area contributed by atoms with Crippen molar-refractivity contribution in [2.75, 3.05) is 24.6 Å². The Kier molecular flexibility index (Phi) is 4.96. The average Bonchev–Trinajstić information content (AvgIpc) is 3.31. The number of ether oxygens (including phenoxy) is 1. The van der Waals surface area contributed by atoms with E-state index in [4.69, 9.17) is 9.15 Å². The molecule has 0 saturated carbocycles. The van der Waals surface area contributed by atoms with E-state index in [1.54, 1.807) is 0 Å². The van der Waals surface area contributed by atoms with E-state index in [0.717, 1.165) is 36.0 Å². The molecule has 2 aromatic carbocycles. The number of amides is 1. The van der Waals surface area contributed by atoms with Crippen molar-refractivity contribution in [1.82, 2.24) is 10.3 Å². The molecule has 1 aromatic heterocycles. The van der Waals surface area contributed by atoms with Crippen LogP contribution in [0.5, 0.6) is 5.75 Å². The number of nitrogens with one attached hydrogen (secondary N) is 1. The van der Waals surface area contributed by atoms with Gasteiger partial charge in [-0.25, -0.2) is 0 Å². The van der Waals surface area contributed by atoms with Crippen molar-refractivity contribution in [3.63, 3.8) is 0 Å². The van der Waals surface area contributed by atoms with Gasteiger partial charge in [-0.3, -0.25) is 4.79 Å². The van der Waals surface area contributed by atoms with E-state index in [1.165, 1.54) is 0 Å². The first-order valence-electron chi connectivity index (χ1n) is 9.27. The lowest BCUT2D eigenvalue weighted by atomic mass is 10.2. The van der Waals surface area contributed by atoms with Gasteiger partial charge in [-0.2, -0.15) is 4.98 Å². The van der Waals surface area contributed by atoms with E-state index < -0.39 is 0 Å². The highest BCUT2D eigenvalue weighted by atomic mass is 16.5. The van der Waals surface area contributed by atoms with Crippen molar-refractivity contribution < 1.29 is 13.9 Å². The molecule has 1 atom stereocenters. The summed E-state index contributed by atoms with van der Waals surface area (Å²) in [6, 6.07) is 16.2. The van der Waals surface area contributed by atoms with Gasteiger partial charge in [0.1, 0.15) is 11.3 Å². The first-order chi connectivity index (χ1) is 13.2. The molecule has 4 rings (SSSR count). The lowest BCUT2D eigenvalue weighted by molar-refractivity contribution is -0.123. The van der Waals surface area contributed by atoms with Gasteiger partial charge in [0.15, 0.2) is 12.2 Å². The monoisotopic (exact) mass is 365 g/mol. The van der Waals surface area contributed by atoms with Crippen LogP contribution in [-0.2, 0) is 4.79 Å². The number of hydrogen-bond donors (Lipinski definition) is 1. The summed E-state index contributed by atoms with van der Waals surface area (Å²) >= 11 is 0. The Hall–Kier alpha value is -3.02. The van der Waals surface area contributed by atoms with Crippen LogP contribution in [0.4, 0.5) is 6.01 Å². The van der Waals surface area contributed by atoms with Crippen LogP contribution in [-0.4, -0.2) is 36.6 Å². The molecule has 0 aliphatic carbocycles. The molecule has 0 bridgehead atoms. The number of hydrogen-bond acceptors (Lipinski definition) is 5. The third-order valence-corrected chi connectivity index (χ3v) is 4.80. The summed E-state index contributed by atoms with van der Waals surface area (Å²) in [6.45, 7) is 3.44. The van der Waals surface area contributed by atoms with Crippen molar-refractivity contribution in [1.29, 1.82) is 0 Å². The lowest BCUT2D eigenvalue weighted by Crippen LogP contribution is -2.41. The largest absolute Gasteiger partial charge is 0.484 e. The Balaban J connectivity index is 1.32. The van der Waals surface area contributed by atoms with Crippen LogP contribution in [0.25, 0.3) is 11.1 Å². The second-order valence-electron chi connectivity index (χ2n) is 6.86. The smallest absolute Gasteiger partial charge is 0.298 e. The summed E-state index contributed by atoms with van der Waals surface area (Å²) in [4.78, 5) is 18.9. The Morgan fingerprint density at radius 3 is 3.04 bits per heavy atom. The third-order valence-electron chi connectivity index (χ3n) is 4.80. The second-order valence-corrected chi connectivity index (χ2v) is 6.86. The maximum absolute atomic E-state index is 12.1. The van der Waals surface area contributed by atoms with E-state index in [0.29, 0.717) is 18.3 Å². The fourth-order valence-corrected chi connectivity index (χ4v) is 3.42. The predicted octanol–water partition coefficient (Wildman–Crippen LogP) is 3.30. The Morgan fingerprint density at radius 1 is 1.30 bits per heavy atom. The summed E-state index contributed by atoms with van der Waals surface area (Å²) in [5.41, 5.74) is 2.75. The number of para-hydroxylation sites is 2. The van der Waals surface area contributed by atoms with Gasteiger partial charge in [-0.05, 0) is 49.6 Å². The molecule has 1 unspecified atom stereocenters. The van der Waals surface area contributed by atoms with Gasteiger partial charge < -0.3 is 19.4 Å². The van der Waals surface area contributed by atoms with Crippen LogP contribution >= 0.6 is 0 Å². The van der Waals surface area contributed by atoms with Crippen molar-refractivity contribution in [2.24, 2.45) is 0 Å². The number of oxazole rings is 1. The topological polar surface area (TPSA) is 67.6 Å². The van der Waals surface area contributed by atoms with E-state index in [-0.39, 0.29) is 18.6 Å². The summed E-state index contributed by atoms with van der Waals surface area (Å²) in [7, 11) is 0. The van der Waals surface area contributed by atoms with E-state index in [1.807, 2.05) is 55.5 Å². The highest BCUT2D eigenvalue weighted by molar-refractivity contribution is 5.77. The molecule has 0 radical (unpaired) electrons. The SMILES string of the molecule is Cc1cccc(OCC(=O)NCC2CCCN2c2nc3ccccc3o2)c1. The number of carbonyl (C=O) groups excluding carboxylic acids is 1. The van der Waals surface area contributed by atoms with E-state index in [9.17, 15) is 4.79 Å². The second kappa shape index (κ2) is 7.70. The molecule has 1 fully saturated rings. The predicted molar refractivity (Wildman–Crippen MR) is 104 cm³/mol. The van der Waals surface area contributed by atoms with Crippen molar-refractivity contribution in [2.45, 2.75) is 25.8 Å². The zero-order chi connectivity index (χ0) is 18.6. The van der Waals surface area contributed by atoms with Gasteiger partial charge in [0, 0.05) is 13.1 Å². The zero-order valence-electron chi connectivity index (χ0n) is 15.4. The molecule has 27 heavy (non-hydrogen) atoms. The molecule has 2 heterocycles. The van der Waals surface area contributed by atoms with Gasteiger partial charge in [0.2, 0.25) is 0 Å². The van der Waals surface area contributed by atoms with Gasteiger partial charge in [0.25, 0.3) is 11.9 Å². The van der Waals surface area contributed by atoms with Gasteiger partial charge in [-0.15, -0.1) is 0 Å². The molecule has 1 aliphatic rings. The van der Waals surface area contributed by atoms with Crippen molar-refractivity contribution >= 4 is 23.0 Å². The Morgan fingerprint density at radius 2 is 2.19 bits per heavy atom. The van der Waals surface area contributed by atoms with Crippen LogP contribution in [0, 0.1) is 6.92 Å². The summed E-state index contributed by atoms with van der Waals surface area (Å²) < 4.78 is 11.4. The first-order valence-corrected chi connectivity index (χ1v) is 9.27. The quantitative estimate of drug-likeness (QED) is 0.726. The number of rotatable bonds is 6. The Bertz CT molecular complexity index is 904. The van der Waals surface area contributed by atoms with Gasteiger partial charge >= 0.3 is 0 Å². The number of aryl methyl sites for hydroxylation is 1. The lowest BCUT2D eigenvalue weighted by Gasteiger charge is -2.23. The molecule has 0 spiro atoms. The maximum atomic E-state index is 12.1. The normalized spacial score (nSPS) is 16.6.